The van der Waals surface area contributed by atoms with E-state index in [1.165, 1.54) is 5.56 Å². The van der Waals surface area contributed by atoms with Crippen molar-refractivity contribution in [3.63, 3.8) is 0 Å². The lowest BCUT2D eigenvalue weighted by Gasteiger charge is -2.26. The Morgan fingerprint density at radius 3 is 2.64 bits per heavy atom. The van der Waals surface area contributed by atoms with E-state index >= 15 is 0 Å². The molecule has 1 N–H and O–H groups in total. The van der Waals surface area contributed by atoms with Crippen molar-refractivity contribution in [2.24, 2.45) is 0 Å². The fourth-order valence-electron chi connectivity index (χ4n) is 4.80. The highest BCUT2D eigenvalue weighted by Gasteiger charge is 2.34. The van der Waals surface area contributed by atoms with E-state index in [0.717, 1.165) is 29.0 Å². The van der Waals surface area contributed by atoms with E-state index in [1.54, 1.807) is 9.20 Å². The van der Waals surface area contributed by atoms with Crippen LogP contribution < -0.4 is 10.1 Å². The average molecular weight is 480 g/mol. The number of aryl methyl sites for hydroxylation is 2. The number of nitrogens with zero attached hydrogens (tertiary/aromatic N) is 6. The van der Waals surface area contributed by atoms with Crippen molar-refractivity contribution in [1.82, 2.24) is 29.6 Å². The van der Waals surface area contributed by atoms with E-state index in [0.29, 0.717) is 36.1 Å². The number of carbonyl (C=O) groups excluding carboxylic acids is 1. The second kappa shape index (κ2) is 8.92. The van der Waals surface area contributed by atoms with Crippen LogP contribution in [0.4, 0.5) is 5.82 Å². The van der Waals surface area contributed by atoms with Gasteiger partial charge < -0.3 is 10.1 Å². The molecule has 36 heavy (non-hydrogen) atoms. The number of ether oxygens (including phenoxy) is 1. The van der Waals surface area contributed by atoms with Gasteiger partial charge in [-0.05, 0) is 37.6 Å². The van der Waals surface area contributed by atoms with Gasteiger partial charge in [-0.3, -0.25) is 4.79 Å². The molecular weight excluding hydrogens is 454 g/mol. The summed E-state index contributed by atoms with van der Waals surface area (Å²) in [5.74, 6) is 2.40. The second-order valence-corrected chi connectivity index (χ2v) is 8.90. The van der Waals surface area contributed by atoms with Crippen molar-refractivity contribution in [3.8, 4) is 11.6 Å². The molecule has 9 heteroatoms. The first kappa shape index (κ1) is 22.0. The standard InChI is InChI=1S/C27H25N7O2/c1-17-26-21(20-10-6-7-11-22(20)36-15-14-19-8-4-3-5-9-19)16-25(35)28-27(26)34(31-17)24-13-12-23-30-29-18(2)33(23)32-24/h3-13,21H,14-16H2,1-2H3,(H,28,35)/t21-/m1/s1. The number of hydrogen-bond donors (Lipinski definition) is 1. The van der Waals surface area contributed by atoms with Gasteiger partial charge in [0.25, 0.3) is 0 Å². The minimum Gasteiger partial charge on any atom is -0.493 e. The van der Waals surface area contributed by atoms with E-state index in [-0.39, 0.29) is 11.8 Å². The van der Waals surface area contributed by atoms with Crippen molar-refractivity contribution in [3.05, 3.63) is 94.9 Å². The van der Waals surface area contributed by atoms with Crippen molar-refractivity contribution in [1.29, 1.82) is 0 Å². The Balaban J connectivity index is 1.36. The quantitative estimate of drug-likeness (QED) is 0.395. The van der Waals surface area contributed by atoms with Crippen LogP contribution in [0.3, 0.4) is 0 Å². The Labute approximate surface area is 207 Å². The number of nitrogens with one attached hydrogen (secondary N) is 1. The number of carbonyl (C=O) groups is 1. The first-order valence-electron chi connectivity index (χ1n) is 11.9. The molecule has 0 saturated heterocycles. The summed E-state index contributed by atoms with van der Waals surface area (Å²) in [6, 6.07) is 21.9. The molecule has 5 aromatic rings. The molecule has 0 unspecified atom stereocenters. The van der Waals surface area contributed by atoms with Crippen LogP contribution in [0.5, 0.6) is 5.75 Å². The van der Waals surface area contributed by atoms with Gasteiger partial charge >= 0.3 is 0 Å². The molecule has 4 heterocycles. The fraction of sp³-hybridized carbons (Fsp3) is 0.222. The van der Waals surface area contributed by atoms with Crippen molar-refractivity contribution in [2.75, 3.05) is 11.9 Å². The Bertz CT molecular complexity index is 1570. The molecule has 0 fully saturated rings. The van der Waals surface area contributed by atoms with Crippen LogP contribution >= 0.6 is 0 Å². The number of amides is 1. The second-order valence-electron chi connectivity index (χ2n) is 8.90. The molecule has 1 atom stereocenters. The smallest absolute Gasteiger partial charge is 0.226 e. The third-order valence-corrected chi connectivity index (χ3v) is 6.51. The maximum atomic E-state index is 12.9. The van der Waals surface area contributed by atoms with Gasteiger partial charge in [-0.15, -0.1) is 15.3 Å². The number of fused-ring (bicyclic) bond motifs is 2. The van der Waals surface area contributed by atoms with Gasteiger partial charge in [0, 0.05) is 29.9 Å². The Morgan fingerprint density at radius 2 is 1.78 bits per heavy atom. The number of aromatic nitrogens is 6. The Kier molecular flexibility index (Phi) is 5.44. The van der Waals surface area contributed by atoms with E-state index in [4.69, 9.17) is 9.84 Å². The van der Waals surface area contributed by atoms with Gasteiger partial charge in [0.1, 0.15) is 11.6 Å². The molecular formula is C27H25N7O2. The van der Waals surface area contributed by atoms with Crippen LogP contribution in [0.1, 0.15) is 40.5 Å². The lowest BCUT2D eigenvalue weighted by molar-refractivity contribution is -0.116. The minimum absolute atomic E-state index is 0.0747. The van der Waals surface area contributed by atoms with E-state index in [1.807, 2.05) is 68.4 Å². The monoisotopic (exact) mass is 479 g/mol. The van der Waals surface area contributed by atoms with Crippen molar-refractivity contribution < 1.29 is 9.53 Å². The van der Waals surface area contributed by atoms with Gasteiger partial charge in [0.05, 0.1) is 12.3 Å². The summed E-state index contributed by atoms with van der Waals surface area (Å²) >= 11 is 0. The zero-order valence-corrected chi connectivity index (χ0v) is 20.0. The third-order valence-electron chi connectivity index (χ3n) is 6.51. The highest BCUT2D eigenvalue weighted by Crippen LogP contribution is 2.43. The predicted octanol–water partition coefficient (Wildman–Crippen LogP) is 4.02. The highest BCUT2D eigenvalue weighted by molar-refractivity contribution is 5.95. The molecule has 9 nitrogen and oxygen atoms in total. The van der Waals surface area contributed by atoms with Crippen LogP contribution in [0.2, 0.25) is 0 Å². The summed E-state index contributed by atoms with van der Waals surface area (Å²) in [6.45, 7) is 4.35. The first-order chi connectivity index (χ1) is 17.6. The predicted molar refractivity (Wildman–Crippen MR) is 135 cm³/mol. The zero-order valence-electron chi connectivity index (χ0n) is 20.0. The fourth-order valence-corrected chi connectivity index (χ4v) is 4.80. The van der Waals surface area contributed by atoms with Crippen LogP contribution in [-0.2, 0) is 11.2 Å². The molecule has 0 saturated carbocycles. The first-order valence-corrected chi connectivity index (χ1v) is 11.9. The molecule has 0 aliphatic carbocycles. The normalized spacial score (nSPS) is 15.1. The molecule has 0 bridgehead atoms. The highest BCUT2D eigenvalue weighted by atomic mass is 16.5. The van der Waals surface area contributed by atoms with Crippen LogP contribution in [0.15, 0.2) is 66.7 Å². The SMILES string of the molecule is Cc1nn(-c2ccc3nnc(C)n3n2)c2c1[C@@H](c1ccccc1OCCc1ccccc1)CC(=O)N2. The number of rotatable bonds is 6. The maximum Gasteiger partial charge on any atom is 0.226 e. The van der Waals surface area contributed by atoms with E-state index in [9.17, 15) is 4.79 Å². The summed E-state index contributed by atoms with van der Waals surface area (Å²) in [5.41, 5.74) is 4.65. The minimum atomic E-state index is -0.184. The molecule has 3 aromatic heterocycles. The largest absolute Gasteiger partial charge is 0.493 e. The number of anilines is 1. The molecule has 1 amide bonds. The van der Waals surface area contributed by atoms with Crippen LogP contribution in [0, 0.1) is 13.8 Å². The van der Waals surface area contributed by atoms with Gasteiger partial charge in [0.15, 0.2) is 17.3 Å². The summed E-state index contributed by atoms with van der Waals surface area (Å²) in [7, 11) is 0. The van der Waals surface area contributed by atoms with E-state index in [2.05, 4.69) is 32.7 Å². The molecule has 1 aliphatic heterocycles. The molecule has 0 spiro atoms. The Morgan fingerprint density at radius 1 is 0.972 bits per heavy atom. The molecule has 0 radical (unpaired) electrons. The van der Waals surface area contributed by atoms with Gasteiger partial charge in [-0.2, -0.15) is 14.3 Å². The number of benzene rings is 2. The summed E-state index contributed by atoms with van der Waals surface area (Å²) in [6.07, 6.45) is 1.12. The van der Waals surface area contributed by atoms with Gasteiger partial charge in [-0.1, -0.05) is 48.5 Å². The zero-order chi connectivity index (χ0) is 24.6. The third kappa shape index (κ3) is 3.88. The van der Waals surface area contributed by atoms with Gasteiger partial charge in [-0.25, -0.2) is 0 Å². The lowest BCUT2D eigenvalue weighted by Crippen LogP contribution is -2.25. The van der Waals surface area contributed by atoms with Crippen LogP contribution in [-0.4, -0.2) is 42.1 Å². The summed E-state index contributed by atoms with van der Waals surface area (Å²) < 4.78 is 9.59. The van der Waals surface area contributed by atoms with E-state index < -0.39 is 0 Å². The number of hydrogen-bond acceptors (Lipinski definition) is 6. The molecule has 2 aromatic carbocycles. The lowest BCUT2D eigenvalue weighted by atomic mass is 9.85. The van der Waals surface area contributed by atoms with Crippen molar-refractivity contribution >= 4 is 17.4 Å². The van der Waals surface area contributed by atoms with Crippen LogP contribution in [0.25, 0.3) is 11.5 Å². The van der Waals surface area contributed by atoms with Crippen molar-refractivity contribution in [2.45, 2.75) is 32.6 Å². The Hall–Kier alpha value is -4.53. The summed E-state index contributed by atoms with van der Waals surface area (Å²) in [4.78, 5) is 12.9. The molecule has 1 aliphatic rings. The molecule has 180 valence electrons. The topological polar surface area (TPSA) is 99.2 Å². The average Bonchev–Trinajstić information content (AvgIpc) is 3.43. The maximum absolute atomic E-state index is 12.9. The number of para-hydroxylation sites is 1. The molecule has 6 rings (SSSR count). The summed E-state index contributed by atoms with van der Waals surface area (Å²) in [5, 5.41) is 20.6. The van der Waals surface area contributed by atoms with Gasteiger partial charge in [0.2, 0.25) is 5.91 Å².